The average molecular weight is 367 g/mol. The lowest BCUT2D eigenvalue weighted by Crippen LogP contribution is -2.32. The number of pyridine rings is 1. The van der Waals surface area contributed by atoms with Crippen molar-refractivity contribution >= 4 is 23.1 Å². The molecular weight excluding hydrogens is 336 g/mol. The highest BCUT2D eigenvalue weighted by Crippen LogP contribution is 2.25. The van der Waals surface area contributed by atoms with Crippen LogP contribution in [-0.2, 0) is 0 Å². The van der Waals surface area contributed by atoms with E-state index in [2.05, 4.69) is 65.6 Å². The third-order valence-electron chi connectivity index (χ3n) is 4.99. The fraction of sp³-hybridized carbons (Fsp3) is 0.455. The van der Waals surface area contributed by atoms with E-state index >= 15 is 0 Å². The summed E-state index contributed by atoms with van der Waals surface area (Å²) in [6, 6.07) is 12.1. The molecule has 1 aromatic carbocycles. The number of benzene rings is 1. The Morgan fingerprint density at radius 2 is 1.85 bits per heavy atom. The van der Waals surface area contributed by atoms with Crippen LogP contribution in [0.2, 0.25) is 0 Å². The summed E-state index contributed by atoms with van der Waals surface area (Å²) in [6.07, 6.45) is 4.14. The third-order valence-corrected chi connectivity index (χ3v) is 4.99. The quantitative estimate of drug-likeness (QED) is 0.793. The van der Waals surface area contributed by atoms with Crippen molar-refractivity contribution in [3.8, 4) is 0 Å². The summed E-state index contributed by atoms with van der Waals surface area (Å²) in [6.45, 7) is 9.41. The van der Waals surface area contributed by atoms with E-state index < -0.39 is 0 Å². The Kier molecular flexibility index (Phi) is 6.32. The van der Waals surface area contributed by atoms with Gasteiger partial charge in [-0.2, -0.15) is 0 Å². The highest BCUT2D eigenvalue weighted by atomic mass is 16.1. The lowest BCUT2D eigenvalue weighted by Gasteiger charge is -2.32. The van der Waals surface area contributed by atoms with Gasteiger partial charge in [-0.3, -0.25) is 4.79 Å². The molecule has 1 fully saturated rings. The molecule has 0 spiro atoms. The van der Waals surface area contributed by atoms with Crippen LogP contribution in [0.25, 0.3) is 0 Å². The Hall–Kier alpha value is -2.56. The number of piperidine rings is 1. The van der Waals surface area contributed by atoms with Gasteiger partial charge in [0, 0.05) is 37.2 Å². The van der Waals surface area contributed by atoms with Gasteiger partial charge >= 0.3 is 0 Å². The van der Waals surface area contributed by atoms with E-state index in [1.165, 1.54) is 18.5 Å². The van der Waals surface area contributed by atoms with E-state index in [-0.39, 0.29) is 5.91 Å². The SMILES string of the molecule is CC(C)CNC(=O)c1ccc(Nc2ccc(N3CCC(C)CC3)cc2)nc1. The molecule has 5 nitrogen and oxygen atoms in total. The number of carbonyl (C=O) groups is 1. The van der Waals surface area contributed by atoms with E-state index in [1.807, 2.05) is 6.07 Å². The average Bonchev–Trinajstić information content (AvgIpc) is 2.68. The first-order valence-corrected chi connectivity index (χ1v) is 9.87. The highest BCUT2D eigenvalue weighted by molar-refractivity contribution is 5.94. The van der Waals surface area contributed by atoms with E-state index in [4.69, 9.17) is 0 Å². The zero-order chi connectivity index (χ0) is 19.2. The molecule has 1 amide bonds. The standard InChI is InChI=1S/C22H30N4O/c1-16(2)14-24-22(27)18-4-9-21(23-15-18)25-19-5-7-20(8-6-19)26-12-10-17(3)11-13-26/h4-9,15-17H,10-14H2,1-3H3,(H,23,25)(H,24,27). The Labute approximate surface area is 162 Å². The molecule has 144 valence electrons. The second-order valence-electron chi connectivity index (χ2n) is 7.88. The van der Waals surface area contributed by atoms with Crippen molar-refractivity contribution in [2.24, 2.45) is 11.8 Å². The highest BCUT2D eigenvalue weighted by Gasteiger charge is 2.15. The molecular formula is C22H30N4O. The second-order valence-corrected chi connectivity index (χ2v) is 7.88. The smallest absolute Gasteiger partial charge is 0.252 e. The number of aromatic nitrogens is 1. The molecule has 0 aliphatic carbocycles. The predicted octanol–water partition coefficient (Wildman–Crippen LogP) is 4.45. The van der Waals surface area contributed by atoms with Crippen LogP contribution in [-0.4, -0.2) is 30.5 Å². The van der Waals surface area contributed by atoms with E-state index in [9.17, 15) is 4.79 Å². The van der Waals surface area contributed by atoms with Crippen molar-refractivity contribution in [1.82, 2.24) is 10.3 Å². The maximum absolute atomic E-state index is 12.1. The number of hydrogen-bond donors (Lipinski definition) is 2. The van der Waals surface area contributed by atoms with Crippen LogP contribution < -0.4 is 15.5 Å². The van der Waals surface area contributed by atoms with Crippen LogP contribution in [0.1, 0.15) is 44.0 Å². The van der Waals surface area contributed by atoms with Crippen molar-refractivity contribution < 1.29 is 4.79 Å². The molecule has 0 radical (unpaired) electrons. The fourth-order valence-corrected chi connectivity index (χ4v) is 3.17. The minimum absolute atomic E-state index is 0.0806. The van der Waals surface area contributed by atoms with Crippen LogP contribution in [0.4, 0.5) is 17.2 Å². The molecule has 5 heteroatoms. The summed E-state index contributed by atoms with van der Waals surface area (Å²) in [4.78, 5) is 18.9. The Bertz CT molecular complexity index is 732. The van der Waals surface area contributed by atoms with Gasteiger partial charge < -0.3 is 15.5 Å². The van der Waals surface area contributed by atoms with Gasteiger partial charge in [-0.1, -0.05) is 20.8 Å². The van der Waals surface area contributed by atoms with E-state index in [0.717, 1.165) is 30.5 Å². The van der Waals surface area contributed by atoms with Gasteiger partial charge in [0.15, 0.2) is 0 Å². The van der Waals surface area contributed by atoms with Crippen LogP contribution in [0.15, 0.2) is 42.6 Å². The molecule has 2 aromatic rings. The summed E-state index contributed by atoms with van der Waals surface area (Å²) < 4.78 is 0. The molecule has 1 saturated heterocycles. The summed E-state index contributed by atoms with van der Waals surface area (Å²) in [7, 11) is 0. The molecule has 1 aliphatic rings. The molecule has 0 bridgehead atoms. The molecule has 2 heterocycles. The number of carbonyl (C=O) groups excluding carboxylic acids is 1. The van der Waals surface area contributed by atoms with Crippen LogP contribution in [0.5, 0.6) is 0 Å². The van der Waals surface area contributed by atoms with Crippen LogP contribution >= 0.6 is 0 Å². The second kappa shape index (κ2) is 8.89. The Morgan fingerprint density at radius 1 is 1.15 bits per heavy atom. The first-order chi connectivity index (χ1) is 13.0. The zero-order valence-electron chi connectivity index (χ0n) is 16.5. The van der Waals surface area contributed by atoms with Crippen molar-refractivity contribution in [3.05, 3.63) is 48.2 Å². The number of anilines is 3. The Morgan fingerprint density at radius 3 is 2.44 bits per heavy atom. The van der Waals surface area contributed by atoms with Crippen LogP contribution in [0, 0.1) is 11.8 Å². The minimum atomic E-state index is -0.0806. The van der Waals surface area contributed by atoms with Gasteiger partial charge in [-0.15, -0.1) is 0 Å². The first kappa shape index (κ1) is 19.2. The van der Waals surface area contributed by atoms with Gasteiger partial charge in [0.1, 0.15) is 5.82 Å². The van der Waals surface area contributed by atoms with Gasteiger partial charge in [0.05, 0.1) is 5.56 Å². The first-order valence-electron chi connectivity index (χ1n) is 9.87. The van der Waals surface area contributed by atoms with Crippen molar-refractivity contribution in [3.63, 3.8) is 0 Å². The predicted molar refractivity (Wildman–Crippen MR) is 112 cm³/mol. The molecule has 0 saturated carbocycles. The number of amides is 1. The fourth-order valence-electron chi connectivity index (χ4n) is 3.17. The number of rotatable bonds is 6. The molecule has 2 N–H and O–H groups in total. The monoisotopic (exact) mass is 366 g/mol. The lowest BCUT2D eigenvalue weighted by atomic mass is 9.99. The van der Waals surface area contributed by atoms with Crippen molar-refractivity contribution in [1.29, 1.82) is 0 Å². The third kappa shape index (κ3) is 5.46. The van der Waals surface area contributed by atoms with Gasteiger partial charge in [0.2, 0.25) is 0 Å². The van der Waals surface area contributed by atoms with E-state index in [1.54, 1.807) is 12.3 Å². The minimum Gasteiger partial charge on any atom is -0.372 e. The molecule has 1 aromatic heterocycles. The maximum atomic E-state index is 12.1. The molecule has 27 heavy (non-hydrogen) atoms. The van der Waals surface area contributed by atoms with E-state index in [0.29, 0.717) is 18.0 Å². The molecule has 1 aliphatic heterocycles. The Balaban J connectivity index is 1.56. The summed E-state index contributed by atoms with van der Waals surface area (Å²) in [5.74, 6) is 1.92. The van der Waals surface area contributed by atoms with Gasteiger partial charge in [0.25, 0.3) is 5.91 Å². The van der Waals surface area contributed by atoms with Crippen molar-refractivity contribution in [2.75, 3.05) is 29.9 Å². The van der Waals surface area contributed by atoms with Crippen LogP contribution in [0.3, 0.4) is 0 Å². The normalized spacial score (nSPS) is 15.0. The van der Waals surface area contributed by atoms with Gasteiger partial charge in [-0.25, -0.2) is 4.98 Å². The van der Waals surface area contributed by atoms with Crippen molar-refractivity contribution in [2.45, 2.75) is 33.6 Å². The maximum Gasteiger partial charge on any atom is 0.252 e. The summed E-state index contributed by atoms with van der Waals surface area (Å²) in [5.41, 5.74) is 2.85. The number of nitrogens with zero attached hydrogens (tertiary/aromatic N) is 2. The topological polar surface area (TPSA) is 57.3 Å². The number of nitrogens with one attached hydrogen (secondary N) is 2. The molecule has 0 atom stereocenters. The largest absolute Gasteiger partial charge is 0.372 e. The molecule has 0 unspecified atom stereocenters. The summed E-state index contributed by atoms with van der Waals surface area (Å²) in [5, 5.41) is 6.20. The number of hydrogen-bond acceptors (Lipinski definition) is 4. The zero-order valence-corrected chi connectivity index (χ0v) is 16.5. The summed E-state index contributed by atoms with van der Waals surface area (Å²) >= 11 is 0. The van der Waals surface area contributed by atoms with Gasteiger partial charge in [-0.05, 0) is 61.1 Å². The molecule has 3 rings (SSSR count). The lowest BCUT2D eigenvalue weighted by molar-refractivity contribution is 0.0948.